The third kappa shape index (κ3) is 2.79. The molecule has 2 aromatic rings. The third-order valence-electron chi connectivity index (χ3n) is 2.55. The number of nitrogens with two attached hydrogens (primary N) is 1. The molecule has 0 heterocycles. The summed E-state index contributed by atoms with van der Waals surface area (Å²) in [5, 5.41) is 0.678. The molecule has 0 aliphatic rings. The minimum Gasteiger partial charge on any atom is -0.366 e. The van der Waals surface area contributed by atoms with Crippen molar-refractivity contribution in [3.63, 3.8) is 0 Å². The van der Waals surface area contributed by atoms with Crippen LogP contribution in [0.3, 0.4) is 0 Å². The van der Waals surface area contributed by atoms with Gasteiger partial charge in [-0.25, -0.2) is 0 Å². The summed E-state index contributed by atoms with van der Waals surface area (Å²) in [5.41, 5.74) is 7.92. The highest BCUT2D eigenvalue weighted by atomic mass is 35.5. The average molecular weight is 258 g/mol. The van der Waals surface area contributed by atoms with Crippen molar-refractivity contribution >= 4 is 23.6 Å². The normalized spacial score (nSPS) is 10.7. The van der Waals surface area contributed by atoms with Crippen molar-refractivity contribution in [1.82, 2.24) is 0 Å². The standard InChI is InChI=1S/C15H12ClNO/c16-14-8-4-3-7-13(14)12-6-2-1-5-11(12)9-10-15(17)18/h1-10H,(H2,17,18)/b10-9+. The quantitative estimate of drug-likeness (QED) is 0.840. The topological polar surface area (TPSA) is 43.1 Å². The molecular weight excluding hydrogens is 246 g/mol. The van der Waals surface area contributed by atoms with E-state index < -0.39 is 5.91 Å². The van der Waals surface area contributed by atoms with E-state index >= 15 is 0 Å². The second-order valence-electron chi connectivity index (χ2n) is 3.80. The first-order chi connectivity index (χ1) is 8.68. The Kier molecular flexibility index (Phi) is 3.80. The molecule has 0 saturated heterocycles. The van der Waals surface area contributed by atoms with Crippen molar-refractivity contribution < 1.29 is 4.79 Å². The van der Waals surface area contributed by atoms with Gasteiger partial charge in [0.15, 0.2) is 0 Å². The lowest BCUT2D eigenvalue weighted by Crippen LogP contribution is -2.05. The molecule has 3 heteroatoms. The maximum absolute atomic E-state index is 10.8. The Morgan fingerprint density at radius 3 is 2.28 bits per heavy atom. The SMILES string of the molecule is NC(=O)/C=C/c1ccccc1-c1ccccc1Cl. The van der Waals surface area contributed by atoms with Gasteiger partial charge in [0.1, 0.15) is 0 Å². The number of rotatable bonds is 3. The average Bonchev–Trinajstić information content (AvgIpc) is 2.37. The molecule has 18 heavy (non-hydrogen) atoms. The van der Waals surface area contributed by atoms with Crippen molar-refractivity contribution in [1.29, 1.82) is 0 Å². The first-order valence-electron chi connectivity index (χ1n) is 5.50. The number of halogens is 1. The van der Waals surface area contributed by atoms with E-state index in [0.29, 0.717) is 5.02 Å². The minimum atomic E-state index is -0.469. The third-order valence-corrected chi connectivity index (χ3v) is 2.88. The van der Waals surface area contributed by atoms with Gasteiger partial charge in [-0.1, -0.05) is 54.1 Å². The number of benzene rings is 2. The van der Waals surface area contributed by atoms with E-state index in [1.54, 1.807) is 6.08 Å². The highest BCUT2D eigenvalue weighted by molar-refractivity contribution is 6.33. The summed E-state index contributed by atoms with van der Waals surface area (Å²) >= 11 is 6.18. The second-order valence-corrected chi connectivity index (χ2v) is 4.21. The molecule has 90 valence electrons. The second kappa shape index (κ2) is 5.52. The van der Waals surface area contributed by atoms with Gasteiger partial charge in [-0.3, -0.25) is 4.79 Å². The summed E-state index contributed by atoms with van der Waals surface area (Å²) in [6.07, 6.45) is 3.04. The van der Waals surface area contributed by atoms with Gasteiger partial charge in [-0.2, -0.15) is 0 Å². The molecule has 2 nitrogen and oxygen atoms in total. The molecule has 0 radical (unpaired) electrons. The summed E-state index contributed by atoms with van der Waals surface area (Å²) < 4.78 is 0. The van der Waals surface area contributed by atoms with Gasteiger partial charge in [0.2, 0.25) is 5.91 Å². The molecule has 0 fully saturated rings. The fraction of sp³-hybridized carbons (Fsp3) is 0. The zero-order valence-electron chi connectivity index (χ0n) is 9.64. The molecule has 0 unspecified atom stereocenters. The van der Waals surface area contributed by atoms with Gasteiger partial charge in [0.25, 0.3) is 0 Å². The Morgan fingerprint density at radius 1 is 1.00 bits per heavy atom. The maximum Gasteiger partial charge on any atom is 0.241 e. The molecule has 2 rings (SSSR count). The van der Waals surface area contributed by atoms with E-state index in [4.69, 9.17) is 17.3 Å². The largest absolute Gasteiger partial charge is 0.366 e. The molecule has 0 aliphatic heterocycles. The number of primary amides is 1. The maximum atomic E-state index is 10.8. The predicted molar refractivity (Wildman–Crippen MR) is 75.1 cm³/mol. The molecule has 2 aromatic carbocycles. The first kappa shape index (κ1) is 12.4. The van der Waals surface area contributed by atoms with E-state index in [1.807, 2.05) is 48.5 Å². The summed E-state index contributed by atoms with van der Waals surface area (Å²) in [6.45, 7) is 0. The lowest BCUT2D eigenvalue weighted by Gasteiger charge is -2.07. The van der Waals surface area contributed by atoms with Gasteiger partial charge in [-0.15, -0.1) is 0 Å². The van der Waals surface area contributed by atoms with Gasteiger partial charge < -0.3 is 5.73 Å². The smallest absolute Gasteiger partial charge is 0.241 e. The molecule has 0 aromatic heterocycles. The van der Waals surface area contributed by atoms with E-state index in [1.165, 1.54) is 6.08 Å². The minimum absolute atomic E-state index is 0.469. The van der Waals surface area contributed by atoms with Gasteiger partial charge in [0.05, 0.1) is 0 Å². The summed E-state index contributed by atoms with van der Waals surface area (Å²) in [5.74, 6) is -0.469. The lowest BCUT2D eigenvalue weighted by molar-refractivity contribution is -0.113. The molecule has 0 saturated carbocycles. The van der Waals surface area contributed by atoms with Crippen LogP contribution in [0.4, 0.5) is 0 Å². The summed E-state index contributed by atoms with van der Waals surface area (Å²) in [6, 6.07) is 15.3. The highest BCUT2D eigenvalue weighted by Crippen LogP contribution is 2.30. The Morgan fingerprint density at radius 2 is 1.61 bits per heavy atom. The molecule has 0 bridgehead atoms. The van der Waals surface area contributed by atoms with Crippen LogP contribution in [0.15, 0.2) is 54.6 Å². The van der Waals surface area contributed by atoms with Gasteiger partial charge >= 0.3 is 0 Å². The summed E-state index contributed by atoms with van der Waals surface area (Å²) in [4.78, 5) is 10.8. The lowest BCUT2D eigenvalue weighted by atomic mass is 9.99. The zero-order valence-corrected chi connectivity index (χ0v) is 10.4. The zero-order chi connectivity index (χ0) is 13.0. The van der Waals surface area contributed by atoms with Crippen LogP contribution in [0.1, 0.15) is 5.56 Å². The van der Waals surface area contributed by atoms with Crippen molar-refractivity contribution in [3.8, 4) is 11.1 Å². The Labute approximate surface area is 111 Å². The Hall–Kier alpha value is -2.06. The van der Waals surface area contributed by atoms with E-state index in [0.717, 1.165) is 16.7 Å². The Bertz CT molecular complexity index is 605. The molecule has 2 N–H and O–H groups in total. The van der Waals surface area contributed by atoms with Crippen LogP contribution in [-0.2, 0) is 4.79 Å². The number of carbonyl (C=O) groups is 1. The molecule has 0 aliphatic carbocycles. The van der Waals surface area contributed by atoms with Crippen LogP contribution in [0.25, 0.3) is 17.2 Å². The number of hydrogen-bond donors (Lipinski definition) is 1. The molecule has 1 amide bonds. The molecular formula is C15H12ClNO. The van der Waals surface area contributed by atoms with E-state index in [-0.39, 0.29) is 0 Å². The van der Waals surface area contributed by atoms with Crippen LogP contribution in [0, 0.1) is 0 Å². The van der Waals surface area contributed by atoms with E-state index in [2.05, 4.69) is 0 Å². The monoisotopic (exact) mass is 257 g/mol. The first-order valence-corrected chi connectivity index (χ1v) is 5.88. The fourth-order valence-electron chi connectivity index (χ4n) is 1.74. The van der Waals surface area contributed by atoms with Crippen LogP contribution in [-0.4, -0.2) is 5.91 Å². The Balaban J connectivity index is 2.52. The molecule has 0 atom stereocenters. The number of amides is 1. The van der Waals surface area contributed by atoms with Gasteiger partial charge in [0, 0.05) is 16.7 Å². The summed E-state index contributed by atoms with van der Waals surface area (Å²) in [7, 11) is 0. The number of hydrogen-bond acceptors (Lipinski definition) is 1. The van der Waals surface area contributed by atoms with Gasteiger partial charge in [-0.05, 0) is 23.3 Å². The van der Waals surface area contributed by atoms with Crippen molar-refractivity contribution in [3.05, 3.63) is 65.2 Å². The molecule has 0 spiro atoms. The van der Waals surface area contributed by atoms with Crippen molar-refractivity contribution in [2.75, 3.05) is 0 Å². The van der Waals surface area contributed by atoms with Crippen LogP contribution < -0.4 is 5.73 Å². The number of carbonyl (C=O) groups excluding carboxylic acids is 1. The van der Waals surface area contributed by atoms with Crippen molar-refractivity contribution in [2.24, 2.45) is 5.73 Å². The predicted octanol–water partition coefficient (Wildman–Crippen LogP) is 3.51. The highest BCUT2D eigenvalue weighted by Gasteiger charge is 2.05. The van der Waals surface area contributed by atoms with Crippen molar-refractivity contribution in [2.45, 2.75) is 0 Å². The van der Waals surface area contributed by atoms with Crippen LogP contribution >= 0.6 is 11.6 Å². The van der Waals surface area contributed by atoms with Crippen LogP contribution in [0.2, 0.25) is 5.02 Å². The van der Waals surface area contributed by atoms with E-state index in [9.17, 15) is 4.79 Å². The fourth-order valence-corrected chi connectivity index (χ4v) is 1.98. The van der Waals surface area contributed by atoms with Crippen LogP contribution in [0.5, 0.6) is 0 Å².